The molecule has 3 rings (SSSR count). The molecule has 0 fully saturated rings. The predicted octanol–water partition coefficient (Wildman–Crippen LogP) is 4.12. The van der Waals surface area contributed by atoms with E-state index in [0.717, 1.165) is 16.9 Å². The summed E-state index contributed by atoms with van der Waals surface area (Å²) in [5.41, 5.74) is 2.90. The summed E-state index contributed by atoms with van der Waals surface area (Å²) in [5.74, 6) is -0.873. The minimum absolute atomic E-state index is 0.166. The van der Waals surface area contributed by atoms with Crippen molar-refractivity contribution >= 4 is 23.3 Å². The van der Waals surface area contributed by atoms with Gasteiger partial charge in [0.25, 0.3) is 0 Å². The van der Waals surface area contributed by atoms with Crippen LogP contribution >= 0.6 is 0 Å². The number of amides is 1. The molecule has 0 spiro atoms. The Balaban J connectivity index is 1.98. The van der Waals surface area contributed by atoms with Crippen LogP contribution < -0.4 is 16.0 Å². The quantitative estimate of drug-likeness (QED) is 0.646. The third kappa shape index (κ3) is 4.48. The van der Waals surface area contributed by atoms with Crippen molar-refractivity contribution in [1.29, 1.82) is 0 Å². The van der Waals surface area contributed by atoms with Crippen LogP contribution in [0.1, 0.15) is 31.7 Å². The Hall–Kier alpha value is -3.54. The van der Waals surface area contributed by atoms with Gasteiger partial charge in [0, 0.05) is 5.70 Å². The van der Waals surface area contributed by atoms with Gasteiger partial charge in [-0.15, -0.1) is 0 Å². The molecule has 1 heterocycles. The van der Waals surface area contributed by atoms with E-state index in [-0.39, 0.29) is 29.8 Å². The molecule has 0 radical (unpaired) electrons. The van der Waals surface area contributed by atoms with Crippen molar-refractivity contribution in [3.8, 4) is 0 Å². The number of esters is 1. The number of carbonyl (C=O) groups is 2. The fraction of sp³-hybridized carbons (Fsp3) is 0.217. The molecule has 0 saturated heterocycles. The number of anilines is 2. The first-order chi connectivity index (χ1) is 14.0. The molecule has 1 aliphatic rings. The van der Waals surface area contributed by atoms with Crippen LogP contribution in [-0.4, -0.2) is 18.5 Å². The lowest BCUT2D eigenvalue weighted by Crippen LogP contribution is -2.34. The molecule has 0 unspecified atom stereocenters. The number of fused-ring (bicyclic) bond motifs is 1. The molecule has 2 aromatic carbocycles. The molecule has 6 heteroatoms. The Labute approximate surface area is 170 Å². The van der Waals surface area contributed by atoms with Gasteiger partial charge in [-0.25, -0.2) is 4.79 Å². The highest BCUT2D eigenvalue weighted by Crippen LogP contribution is 2.31. The molecule has 3 N–H and O–H groups in total. The van der Waals surface area contributed by atoms with Crippen LogP contribution in [0.2, 0.25) is 0 Å². The monoisotopic (exact) mass is 391 g/mol. The van der Waals surface area contributed by atoms with Crippen molar-refractivity contribution in [2.75, 3.05) is 17.2 Å². The first kappa shape index (κ1) is 20.2. The van der Waals surface area contributed by atoms with E-state index in [4.69, 9.17) is 4.74 Å². The second-order valence-corrected chi connectivity index (χ2v) is 6.61. The van der Waals surface area contributed by atoms with Crippen molar-refractivity contribution in [1.82, 2.24) is 5.32 Å². The number of hydrogen-bond donors (Lipinski definition) is 3. The summed E-state index contributed by atoms with van der Waals surface area (Å²) in [7, 11) is 0. The zero-order valence-electron chi connectivity index (χ0n) is 16.6. The van der Waals surface area contributed by atoms with Gasteiger partial charge in [-0.2, -0.15) is 0 Å². The lowest BCUT2D eigenvalue weighted by molar-refractivity contribution is -0.138. The largest absolute Gasteiger partial charge is 0.462 e. The maximum atomic E-state index is 13.1. The van der Waals surface area contributed by atoms with Gasteiger partial charge in [0.15, 0.2) is 0 Å². The molecule has 2 aromatic rings. The van der Waals surface area contributed by atoms with E-state index >= 15 is 0 Å². The standard InChI is InChI=1S/C23H25N3O3/c1-4-17(16-11-7-6-8-12-16)22(27)26-21-20(23(28)29-5-2)15(3)24-18-13-9-10-14-19(18)25-21/h6-14,17,24-25H,3-5H2,1-2H3,(H,26,27)/t17-/m1/s1. The Bertz CT molecular complexity index is 951. The second kappa shape index (κ2) is 9.10. The summed E-state index contributed by atoms with van der Waals surface area (Å²) in [6, 6.07) is 17.0. The molecule has 0 aliphatic carbocycles. The van der Waals surface area contributed by atoms with Gasteiger partial charge in [0.05, 0.1) is 23.9 Å². The molecule has 0 bridgehead atoms. The van der Waals surface area contributed by atoms with Gasteiger partial charge in [-0.05, 0) is 31.0 Å². The topological polar surface area (TPSA) is 79.5 Å². The highest BCUT2D eigenvalue weighted by Gasteiger charge is 2.28. The molecule has 150 valence electrons. The number of nitrogens with one attached hydrogen (secondary N) is 3. The minimum atomic E-state index is -0.562. The van der Waals surface area contributed by atoms with Crippen molar-refractivity contribution in [3.63, 3.8) is 0 Å². The molecule has 0 saturated carbocycles. The Morgan fingerprint density at radius 3 is 2.24 bits per heavy atom. The second-order valence-electron chi connectivity index (χ2n) is 6.61. The Morgan fingerprint density at radius 2 is 1.62 bits per heavy atom. The predicted molar refractivity (Wildman–Crippen MR) is 114 cm³/mol. The summed E-state index contributed by atoms with van der Waals surface area (Å²) in [6.45, 7) is 7.87. The minimum Gasteiger partial charge on any atom is -0.462 e. The van der Waals surface area contributed by atoms with Crippen molar-refractivity contribution < 1.29 is 14.3 Å². The molecule has 1 atom stereocenters. The smallest absolute Gasteiger partial charge is 0.343 e. The number of hydrogen-bond acceptors (Lipinski definition) is 5. The number of benzene rings is 2. The van der Waals surface area contributed by atoms with Gasteiger partial charge in [0.1, 0.15) is 11.4 Å². The van der Waals surface area contributed by atoms with E-state index in [1.54, 1.807) is 6.92 Å². The van der Waals surface area contributed by atoms with Crippen LogP contribution in [0.3, 0.4) is 0 Å². The summed E-state index contributed by atoms with van der Waals surface area (Å²) in [5, 5.41) is 9.18. The summed E-state index contributed by atoms with van der Waals surface area (Å²) in [6.07, 6.45) is 0.619. The van der Waals surface area contributed by atoms with E-state index < -0.39 is 5.97 Å². The van der Waals surface area contributed by atoms with E-state index in [2.05, 4.69) is 22.5 Å². The van der Waals surface area contributed by atoms with Gasteiger partial charge in [0.2, 0.25) is 5.91 Å². The van der Waals surface area contributed by atoms with Crippen LogP contribution in [0.4, 0.5) is 11.4 Å². The van der Waals surface area contributed by atoms with Gasteiger partial charge < -0.3 is 20.7 Å². The Kier molecular flexibility index (Phi) is 6.34. The molecule has 6 nitrogen and oxygen atoms in total. The summed E-state index contributed by atoms with van der Waals surface area (Å²) < 4.78 is 5.20. The number of rotatable bonds is 6. The zero-order valence-corrected chi connectivity index (χ0v) is 16.6. The van der Waals surface area contributed by atoms with Crippen LogP contribution in [0.5, 0.6) is 0 Å². The molecular formula is C23H25N3O3. The summed E-state index contributed by atoms with van der Waals surface area (Å²) >= 11 is 0. The lowest BCUT2D eigenvalue weighted by Gasteiger charge is -2.19. The molecule has 1 aliphatic heterocycles. The first-order valence-electron chi connectivity index (χ1n) is 9.64. The Morgan fingerprint density at radius 1 is 1.00 bits per heavy atom. The number of carbonyl (C=O) groups excluding carboxylic acids is 2. The van der Waals surface area contributed by atoms with Gasteiger partial charge in [-0.1, -0.05) is 56.0 Å². The zero-order chi connectivity index (χ0) is 20.8. The fourth-order valence-corrected chi connectivity index (χ4v) is 3.26. The van der Waals surface area contributed by atoms with Crippen molar-refractivity contribution in [2.24, 2.45) is 0 Å². The van der Waals surface area contributed by atoms with Gasteiger partial charge >= 0.3 is 5.97 Å². The average molecular weight is 391 g/mol. The molecule has 0 aromatic heterocycles. The van der Waals surface area contributed by atoms with Crippen LogP contribution in [-0.2, 0) is 14.3 Å². The normalized spacial score (nSPS) is 14.1. The maximum Gasteiger partial charge on any atom is 0.343 e. The third-order valence-electron chi connectivity index (χ3n) is 4.68. The van der Waals surface area contributed by atoms with E-state index in [1.807, 2.05) is 61.5 Å². The SMILES string of the molecule is C=C1Nc2ccccc2NC(NC(=O)[C@H](CC)c2ccccc2)=C1C(=O)OCC. The molecule has 1 amide bonds. The first-order valence-corrected chi connectivity index (χ1v) is 9.64. The van der Waals surface area contributed by atoms with Crippen molar-refractivity contribution in [3.05, 3.63) is 83.8 Å². The fourth-order valence-electron chi connectivity index (χ4n) is 3.26. The number of para-hydroxylation sites is 2. The van der Waals surface area contributed by atoms with E-state index in [0.29, 0.717) is 12.1 Å². The lowest BCUT2D eigenvalue weighted by atomic mass is 9.95. The maximum absolute atomic E-state index is 13.1. The van der Waals surface area contributed by atoms with E-state index in [1.165, 1.54) is 0 Å². The average Bonchev–Trinajstić information content (AvgIpc) is 2.84. The third-order valence-corrected chi connectivity index (χ3v) is 4.68. The van der Waals surface area contributed by atoms with E-state index in [9.17, 15) is 9.59 Å². The van der Waals surface area contributed by atoms with Crippen LogP contribution in [0, 0.1) is 0 Å². The highest BCUT2D eigenvalue weighted by atomic mass is 16.5. The van der Waals surface area contributed by atoms with Gasteiger partial charge in [-0.3, -0.25) is 4.79 Å². The number of ether oxygens (including phenoxy) is 1. The highest BCUT2D eigenvalue weighted by molar-refractivity contribution is 5.99. The summed E-state index contributed by atoms with van der Waals surface area (Å²) in [4.78, 5) is 25.8. The molecule has 29 heavy (non-hydrogen) atoms. The van der Waals surface area contributed by atoms with Crippen molar-refractivity contribution in [2.45, 2.75) is 26.2 Å². The molecular weight excluding hydrogens is 366 g/mol. The van der Waals surface area contributed by atoms with Crippen LogP contribution in [0.25, 0.3) is 0 Å². The van der Waals surface area contributed by atoms with Crippen LogP contribution in [0.15, 0.2) is 78.3 Å².